The molecule has 5 rings (SSSR count). The fraction of sp³-hybridized carbons (Fsp3) is 0.565. The summed E-state index contributed by atoms with van der Waals surface area (Å²) in [7, 11) is 0. The van der Waals surface area contributed by atoms with Gasteiger partial charge in [-0.1, -0.05) is 35.7 Å². The molecule has 2 aromatic rings. The number of anilines is 1. The molecule has 2 aliphatic heterocycles. The third-order valence-corrected chi connectivity index (χ3v) is 7.56. The monoisotopic (exact) mass is 445 g/mol. The first-order valence-corrected chi connectivity index (χ1v) is 11.9. The standard InChI is InChI=1S/C23H29Cl2N5/c24-18-5-4-17(21(25)14-18)15-28-8-6-20-22(7-9-28)26-16-27-23(20)30-12-10-29(11-13-30)19-2-1-3-19/h4-5,14,16,19H,1-3,6-13,15H2. The lowest BCUT2D eigenvalue weighted by Gasteiger charge is -2.43. The van der Waals surface area contributed by atoms with Gasteiger partial charge in [-0.15, -0.1) is 0 Å². The summed E-state index contributed by atoms with van der Waals surface area (Å²) >= 11 is 12.5. The van der Waals surface area contributed by atoms with Crippen LogP contribution in [0.3, 0.4) is 0 Å². The lowest BCUT2D eigenvalue weighted by atomic mass is 9.91. The van der Waals surface area contributed by atoms with Crippen molar-refractivity contribution in [2.24, 2.45) is 0 Å². The molecule has 1 saturated heterocycles. The van der Waals surface area contributed by atoms with Gasteiger partial charge < -0.3 is 4.90 Å². The normalized spacial score (nSPS) is 21.2. The zero-order valence-corrected chi connectivity index (χ0v) is 18.9. The van der Waals surface area contributed by atoms with Crippen LogP contribution in [0.1, 0.15) is 36.1 Å². The van der Waals surface area contributed by atoms with Crippen LogP contribution in [-0.2, 0) is 19.4 Å². The number of halogens is 2. The highest BCUT2D eigenvalue weighted by Crippen LogP contribution is 2.29. The molecule has 5 nitrogen and oxygen atoms in total. The molecule has 0 atom stereocenters. The van der Waals surface area contributed by atoms with Gasteiger partial charge in [0.2, 0.25) is 0 Å². The molecule has 1 aromatic heterocycles. The summed E-state index contributed by atoms with van der Waals surface area (Å²) in [5.74, 6) is 1.17. The molecule has 160 valence electrons. The molecule has 0 spiro atoms. The number of fused-ring (bicyclic) bond motifs is 1. The maximum atomic E-state index is 6.41. The topological polar surface area (TPSA) is 35.5 Å². The van der Waals surface area contributed by atoms with Crippen molar-refractivity contribution in [3.8, 4) is 0 Å². The van der Waals surface area contributed by atoms with Gasteiger partial charge in [-0.25, -0.2) is 9.97 Å². The first-order chi connectivity index (χ1) is 14.7. The Morgan fingerprint density at radius 3 is 2.47 bits per heavy atom. The number of nitrogens with zero attached hydrogens (tertiary/aromatic N) is 5. The second-order valence-corrected chi connectivity index (χ2v) is 9.59. The first-order valence-electron chi connectivity index (χ1n) is 11.2. The van der Waals surface area contributed by atoms with Crippen LogP contribution in [0.4, 0.5) is 5.82 Å². The maximum Gasteiger partial charge on any atom is 0.135 e. The van der Waals surface area contributed by atoms with Crippen LogP contribution in [0.5, 0.6) is 0 Å². The van der Waals surface area contributed by atoms with Crippen LogP contribution in [0, 0.1) is 0 Å². The van der Waals surface area contributed by atoms with Crippen molar-refractivity contribution in [1.82, 2.24) is 19.8 Å². The zero-order valence-electron chi connectivity index (χ0n) is 17.4. The third-order valence-electron chi connectivity index (χ3n) is 6.97. The molecule has 2 fully saturated rings. The molecule has 0 N–H and O–H groups in total. The molecule has 0 radical (unpaired) electrons. The minimum Gasteiger partial charge on any atom is -0.354 e. The second kappa shape index (κ2) is 8.99. The van der Waals surface area contributed by atoms with Crippen LogP contribution in [0.2, 0.25) is 10.0 Å². The Labute approximate surface area is 189 Å². The molecule has 3 aliphatic rings. The Bertz CT molecular complexity index is 893. The van der Waals surface area contributed by atoms with E-state index < -0.39 is 0 Å². The van der Waals surface area contributed by atoms with E-state index >= 15 is 0 Å². The van der Waals surface area contributed by atoms with E-state index in [-0.39, 0.29) is 0 Å². The maximum absolute atomic E-state index is 6.41. The molecule has 0 unspecified atom stereocenters. The molecule has 30 heavy (non-hydrogen) atoms. The van der Waals surface area contributed by atoms with Crippen LogP contribution in [0.15, 0.2) is 24.5 Å². The third kappa shape index (κ3) is 4.31. The summed E-state index contributed by atoms with van der Waals surface area (Å²) in [6, 6.07) is 6.62. The van der Waals surface area contributed by atoms with Crippen LogP contribution in [-0.4, -0.2) is 65.1 Å². The van der Waals surface area contributed by atoms with Gasteiger partial charge in [-0.05, 0) is 37.0 Å². The second-order valence-electron chi connectivity index (χ2n) is 8.74. The minimum atomic E-state index is 0.685. The van der Waals surface area contributed by atoms with E-state index in [0.717, 1.165) is 75.3 Å². The number of rotatable bonds is 4. The van der Waals surface area contributed by atoms with E-state index in [1.807, 2.05) is 18.2 Å². The largest absolute Gasteiger partial charge is 0.354 e. The minimum absolute atomic E-state index is 0.685. The SMILES string of the molecule is Clc1ccc(CN2CCc3ncnc(N4CCN(C5CCC5)CC4)c3CC2)c(Cl)c1. The molecular formula is C23H29Cl2N5. The molecule has 1 aromatic carbocycles. The molecule has 0 amide bonds. The summed E-state index contributed by atoms with van der Waals surface area (Å²) in [6.45, 7) is 7.28. The Kier molecular flexibility index (Phi) is 6.15. The number of hydrogen-bond acceptors (Lipinski definition) is 5. The Morgan fingerprint density at radius 2 is 1.73 bits per heavy atom. The number of piperazine rings is 1. The molecule has 1 aliphatic carbocycles. The van der Waals surface area contributed by atoms with Crippen molar-refractivity contribution in [1.29, 1.82) is 0 Å². The van der Waals surface area contributed by atoms with Gasteiger partial charge in [-0.3, -0.25) is 9.80 Å². The van der Waals surface area contributed by atoms with E-state index in [1.165, 1.54) is 36.3 Å². The van der Waals surface area contributed by atoms with E-state index in [1.54, 1.807) is 6.33 Å². The Hall–Kier alpha value is -1.40. The van der Waals surface area contributed by atoms with Crippen molar-refractivity contribution < 1.29 is 0 Å². The van der Waals surface area contributed by atoms with Crippen molar-refractivity contribution in [2.75, 3.05) is 44.2 Å². The van der Waals surface area contributed by atoms with Gasteiger partial charge >= 0.3 is 0 Å². The predicted octanol–water partition coefficient (Wildman–Crippen LogP) is 4.06. The summed E-state index contributed by atoms with van der Waals surface area (Å²) in [6.07, 6.45) is 7.88. The van der Waals surface area contributed by atoms with Gasteiger partial charge in [0.15, 0.2) is 0 Å². The first kappa shape index (κ1) is 20.5. The molecular weight excluding hydrogens is 417 g/mol. The van der Waals surface area contributed by atoms with Crippen LogP contribution in [0.25, 0.3) is 0 Å². The predicted molar refractivity (Wildman–Crippen MR) is 123 cm³/mol. The lowest BCUT2D eigenvalue weighted by molar-refractivity contribution is 0.120. The Morgan fingerprint density at radius 1 is 0.933 bits per heavy atom. The smallest absolute Gasteiger partial charge is 0.135 e. The highest BCUT2D eigenvalue weighted by Gasteiger charge is 2.29. The van der Waals surface area contributed by atoms with Crippen molar-refractivity contribution in [3.63, 3.8) is 0 Å². The van der Waals surface area contributed by atoms with Gasteiger partial charge in [0.25, 0.3) is 0 Å². The van der Waals surface area contributed by atoms with Gasteiger partial charge in [0.05, 0.1) is 5.69 Å². The Balaban J connectivity index is 1.26. The molecule has 7 heteroatoms. The summed E-state index contributed by atoms with van der Waals surface area (Å²) in [5.41, 5.74) is 3.69. The highest BCUT2D eigenvalue weighted by atomic mass is 35.5. The molecule has 1 saturated carbocycles. The average Bonchev–Trinajstić information content (AvgIpc) is 2.92. The lowest BCUT2D eigenvalue weighted by Crippen LogP contribution is -2.52. The molecule has 3 heterocycles. The van der Waals surface area contributed by atoms with Crippen molar-refractivity contribution >= 4 is 29.0 Å². The fourth-order valence-corrected chi connectivity index (χ4v) is 5.40. The number of hydrogen-bond donors (Lipinski definition) is 0. The highest BCUT2D eigenvalue weighted by molar-refractivity contribution is 6.35. The van der Waals surface area contributed by atoms with Crippen molar-refractivity contribution in [2.45, 2.75) is 44.7 Å². The van der Waals surface area contributed by atoms with E-state index in [0.29, 0.717) is 5.02 Å². The van der Waals surface area contributed by atoms with Gasteiger partial charge in [-0.2, -0.15) is 0 Å². The summed E-state index contributed by atoms with van der Waals surface area (Å²) in [5, 5.41) is 1.43. The number of aromatic nitrogens is 2. The fourth-order valence-electron chi connectivity index (χ4n) is 4.93. The average molecular weight is 446 g/mol. The van der Waals surface area contributed by atoms with Crippen LogP contribution >= 0.6 is 23.2 Å². The van der Waals surface area contributed by atoms with E-state index in [4.69, 9.17) is 28.2 Å². The van der Waals surface area contributed by atoms with Gasteiger partial charge in [0.1, 0.15) is 12.1 Å². The summed E-state index contributed by atoms with van der Waals surface area (Å²) < 4.78 is 0. The van der Waals surface area contributed by atoms with Gasteiger partial charge in [0, 0.05) is 73.9 Å². The quantitative estimate of drug-likeness (QED) is 0.708. The van der Waals surface area contributed by atoms with E-state index in [2.05, 4.69) is 19.7 Å². The van der Waals surface area contributed by atoms with Crippen molar-refractivity contribution in [3.05, 3.63) is 51.4 Å². The van der Waals surface area contributed by atoms with E-state index in [9.17, 15) is 0 Å². The van der Waals surface area contributed by atoms with Crippen LogP contribution < -0.4 is 4.90 Å². The molecule has 0 bridgehead atoms. The zero-order chi connectivity index (χ0) is 20.5. The number of benzene rings is 1. The summed E-state index contributed by atoms with van der Waals surface area (Å²) in [4.78, 5) is 17.0.